The van der Waals surface area contributed by atoms with E-state index in [1.807, 2.05) is 22.6 Å². The minimum absolute atomic E-state index is 0.168. The average molecular weight is 430 g/mol. The van der Waals surface area contributed by atoms with E-state index in [0.29, 0.717) is 19.2 Å². The summed E-state index contributed by atoms with van der Waals surface area (Å²) in [5.74, 6) is 0. The molecule has 19 heavy (non-hydrogen) atoms. The van der Waals surface area contributed by atoms with Gasteiger partial charge in [-0.3, -0.25) is 4.72 Å². The van der Waals surface area contributed by atoms with Crippen molar-refractivity contribution < 1.29 is 13.5 Å². The summed E-state index contributed by atoms with van der Waals surface area (Å²) in [7, 11) is -3.63. The van der Waals surface area contributed by atoms with Crippen molar-refractivity contribution in [2.45, 2.75) is 10.8 Å². The molecule has 8 heteroatoms. The van der Waals surface area contributed by atoms with Gasteiger partial charge in [-0.2, -0.15) is 0 Å². The third kappa shape index (κ3) is 3.60. The third-order valence-corrected chi connectivity index (χ3v) is 6.29. The Kier molecular flexibility index (Phi) is 4.72. The Labute approximate surface area is 133 Å². The van der Waals surface area contributed by atoms with Crippen molar-refractivity contribution in [1.29, 1.82) is 0 Å². The Balaban J connectivity index is 2.30. The van der Waals surface area contributed by atoms with Crippen molar-refractivity contribution in [2.24, 2.45) is 0 Å². The summed E-state index contributed by atoms with van der Waals surface area (Å²) >= 11 is 8.87. The van der Waals surface area contributed by atoms with Crippen LogP contribution in [0.1, 0.15) is 4.88 Å². The number of hydrogen-bond acceptors (Lipinski definition) is 4. The SMILES string of the molecule is O=S(=O)(Nc1ccc(Cl)cc1I)c1ccc(CO)s1. The molecule has 1 aromatic carbocycles. The first-order valence-electron chi connectivity index (χ1n) is 5.10. The summed E-state index contributed by atoms with van der Waals surface area (Å²) in [5.41, 5.74) is 0.476. The zero-order valence-corrected chi connectivity index (χ0v) is 14.0. The highest BCUT2D eigenvalue weighted by Gasteiger charge is 2.18. The number of hydrogen-bond donors (Lipinski definition) is 2. The third-order valence-electron chi connectivity index (χ3n) is 2.23. The average Bonchev–Trinajstić information content (AvgIpc) is 2.82. The predicted octanol–water partition coefficient (Wildman–Crippen LogP) is 3.30. The van der Waals surface area contributed by atoms with Gasteiger partial charge in [0.15, 0.2) is 0 Å². The van der Waals surface area contributed by atoms with Crippen molar-refractivity contribution in [3.05, 3.63) is 43.8 Å². The Hall–Kier alpha value is -0.350. The van der Waals surface area contributed by atoms with Gasteiger partial charge in [-0.15, -0.1) is 11.3 Å². The van der Waals surface area contributed by atoms with Crippen LogP contribution in [0.25, 0.3) is 0 Å². The first kappa shape index (κ1) is 15.0. The lowest BCUT2D eigenvalue weighted by molar-refractivity contribution is 0.285. The molecule has 0 amide bonds. The van der Waals surface area contributed by atoms with Crippen molar-refractivity contribution in [2.75, 3.05) is 4.72 Å². The van der Waals surface area contributed by atoms with E-state index in [0.717, 1.165) is 11.3 Å². The van der Waals surface area contributed by atoms with Crippen LogP contribution in [0.15, 0.2) is 34.5 Å². The van der Waals surface area contributed by atoms with Gasteiger partial charge in [-0.25, -0.2) is 8.42 Å². The van der Waals surface area contributed by atoms with E-state index >= 15 is 0 Å². The first-order chi connectivity index (χ1) is 8.92. The molecular weight excluding hydrogens is 421 g/mol. The highest BCUT2D eigenvalue weighted by Crippen LogP contribution is 2.27. The molecule has 0 aliphatic heterocycles. The topological polar surface area (TPSA) is 66.4 Å². The Morgan fingerprint density at radius 2 is 2.05 bits per heavy atom. The van der Waals surface area contributed by atoms with Crippen LogP contribution in [0.2, 0.25) is 5.02 Å². The number of aliphatic hydroxyl groups excluding tert-OH is 1. The highest BCUT2D eigenvalue weighted by molar-refractivity contribution is 14.1. The van der Waals surface area contributed by atoms with Crippen LogP contribution in [0.5, 0.6) is 0 Å². The maximum Gasteiger partial charge on any atom is 0.271 e. The number of sulfonamides is 1. The second-order valence-electron chi connectivity index (χ2n) is 3.61. The molecule has 1 aromatic heterocycles. The summed E-state index contributed by atoms with van der Waals surface area (Å²) < 4.78 is 27.7. The van der Waals surface area contributed by atoms with Gasteiger partial charge in [-0.05, 0) is 52.9 Å². The van der Waals surface area contributed by atoms with Gasteiger partial charge in [0.05, 0.1) is 12.3 Å². The lowest BCUT2D eigenvalue weighted by atomic mass is 10.3. The molecule has 0 atom stereocenters. The van der Waals surface area contributed by atoms with Gasteiger partial charge in [0, 0.05) is 13.5 Å². The number of anilines is 1. The van der Waals surface area contributed by atoms with Crippen molar-refractivity contribution in [3.8, 4) is 0 Å². The Morgan fingerprint density at radius 1 is 1.32 bits per heavy atom. The molecule has 2 N–H and O–H groups in total. The van der Waals surface area contributed by atoms with E-state index in [4.69, 9.17) is 16.7 Å². The van der Waals surface area contributed by atoms with Crippen LogP contribution < -0.4 is 4.72 Å². The van der Waals surface area contributed by atoms with Crippen LogP contribution in [0.3, 0.4) is 0 Å². The minimum atomic E-state index is -3.63. The van der Waals surface area contributed by atoms with E-state index in [2.05, 4.69) is 4.72 Å². The van der Waals surface area contributed by atoms with Crippen molar-refractivity contribution >= 4 is 61.2 Å². The van der Waals surface area contributed by atoms with Gasteiger partial charge >= 0.3 is 0 Å². The van der Waals surface area contributed by atoms with Gasteiger partial charge in [-0.1, -0.05) is 11.6 Å². The van der Waals surface area contributed by atoms with E-state index in [9.17, 15) is 8.42 Å². The lowest BCUT2D eigenvalue weighted by Crippen LogP contribution is -2.12. The fourth-order valence-corrected chi connectivity index (χ4v) is 4.84. The largest absolute Gasteiger partial charge is 0.391 e. The van der Waals surface area contributed by atoms with E-state index in [1.54, 1.807) is 24.3 Å². The number of halogens is 2. The van der Waals surface area contributed by atoms with Crippen LogP contribution in [0.4, 0.5) is 5.69 Å². The lowest BCUT2D eigenvalue weighted by Gasteiger charge is -2.08. The molecule has 4 nitrogen and oxygen atoms in total. The Bertz CT molecular complexity index is 700. The second kappa shape index (κ2) is 5.96. The van der Waals surface area contributed by atoms with Gasteiger partial charge in [0.25, 0.3) is 10.0 Å². The monoisotopic (exact) mass is 429 g/mol. The molecule has 0 fully saturated rings. The summed E-state index contributed by atoms with van der Waals surface area (Å²) in [6.45, 7) is -0.168. The Morgan fingerprint density at radius 3 is 2.63 bits per heavy atom. The summed E-state index contributed by atoms with van der Waals surface area (Å²) in [5, 5.41) is 9.51. The highest BCUT2D eigenvalue weighted by atomic mass is 127. The predicted molar refractivity (Wildman–Crippen MR) is 85.2 cm³/mol. The molecule has 0 radical (unpaired) electrons. The van der Waals surface area contributed by atoms with Crippen LogP contribution in [0, 0.1) is 3.57 Å². The first-order valence-corrected chi connectivity index (χ1v) is 8.85. The molecule has 0 aliphatic carbocycles. The number of nitrogens with one attached hydrogen (secondary N) is 1. The van der Waals surface area contributed by atoms with Crippen LogP contribution in [-0.2, 0) is 16.6 Å². The maximum absolute atomic E-state index is 12.1. The molecular formula is C11H9ClINO3S2. The molecule has 1 heterocycles. The molecule has 0 saturated heterocycles. The smallest absolute Gasteiger partial charge is 0.271 e. The minimum Gasteiger partial charge on any atom is -0.391 e. The number of aliphatic hydroxyl groups is 1. The van der Waals surface area contributed by atoms with Crippen molar-refractivity contribution in [3.63, 3.8) is 0 Å². The second-order valence-corrected chi connectivity index (χ2v) is 8.28. The summed E-state index contributed by atoms with van der Waals surface area (Å²) in [6.07, 6.45) is 0. The quantitative estimate of drug-likeness (QED) is 0.733. The fourth-order valence-electron chi connectivity index (χ4n) is 1.35. The zero-order valence-electron chi connectivity index (χ0n) is 9.43. The maximum atomic E-state index is 12.1. The molecule has 0 spiro atoms. The summed E-state index contributed by atoms with van der Waals surface area (Å²) in [6, 6.07) is 7.97. The molecule has 102 valence electrons. The molecule has 0 aliphatic rings. The fraction of sp³-hybridized carbons (Fsp3) is 0.0909. The number of benzene rings is 1. The molecule has 2 aromatic rings. The van der Waals surface area contributed by atoms with E-state index in [-0.39, 0.29) is 10.8 Å². The van der Waals surface area contributed by atoms with Gasteiger partial charge in [0.1, 0.15) is 4.21 Å². The van der Waals surface area contributed by atoms with E-state index in [1.165, 1.54) is 6.07 Å². The molecule has 0 saturated carbocycles. The molecule has 2 rings (SSSR count). The zero-order chi connectivity index (χ0) is 14.0. The van der Waals surface area contributed by atoms with Crippen LogP contribution >= 0.6 is 45.5 Å². The summed E-state index contributed by atoms with van der Waals surface area (Å²) in [4.78, 5) is 0.603. The van der Waals surface area contributed by atoms with Gasteiger partial charge < -0.3 is 5.11 Å². The van der Waals surface area contributed by atoms with Crippen LogP contribution in [-0.4, -0.2) is 13.5 Å². The molecule has 0 unspecified atom stereocenters. The molecule has 0 bridgehead atoms. The number of rotatable bonds is 4. The van der Waals surface area contributed by atoms with Crippen molar-refractivity contribution in [1.82, 2.24) is 0 Å². The standard InChI is InChI=1S/C11H9ClINO3S2/c12-7-1-3-10(9(13)5-7)14-19(16,17)11-4-2-8(6-15)18-11/h1-5,14-15H,6H2. The number of thiophene rings is 1. The van der Waals surface area contributed by atoms with E-state index < -0.39 is 10.0 Å². The van der Waals surface area contributed by atoms with Gasteiger partial charge in [0.2, 0.25) is 0 Å². The normalized spacial score (nSPS) is 11.5.